The van der Waals surface area contributed by atoms with Crippen LogP contribution in [0.1, 0.15) is 12.6 Å². The lowest BCUT2D eigenvalue weighted by Gasteiger charge is -2.03. The molecule has 0 unspecified atom stereocenters. The molecule has 0 fully saturated rings. The Morgan fingerprint density at radius 2 is 1.95 bits per heavy atom. The predicted molar refractivity (Wildman–Crippen MR) is 77.5 cm³/mol. The highest BCUT2D eigenvalue weighted by Crippen LogP contribution is 2.28. The Kier molecular flexibility index (Phi) is 3.21. The van der Waals surface area contributed by atoms with Gasteiger partial charge in [-0.1, -0.05) is 30.2 Å². The second-order valence-corrected chi connectivity index (χ2v) is 6.76. The second kappa shape index (κ2) is 4.92. The third kappa shape index (κ3) is 2.40. The van der Waals surface area contributed by atoms with E-state index in [0.29, 0.717) is 5.56 Å². The summed E-state index contributed by atoms with van der Waals surface area (Å²) in [7, 11) is -3.50. The van der Waals surface area contributed by atoms with Crippen LogP contribution in [0.4, 0.5) is 0 Å². The van der Waals surface area contributed by atoms with Crippen molar-refractivity contribution in [1.29, 1.82) is 0 Å². The lowest BCUT2D eigenvalue weighted by atomic mass is 10.1. The van der Waals surface area contributed by atoms with Crippen LogP contribution in [-0.2, 0) is 9.84 Å². The van der Waals surface area contributed by atoms with Gasteiger partial charge in [0, 0.05) is 11.1 Å². The van der Waals surface area contributed by atoms with Crippen LogP contribution in [0.5, 0.6) is 0 Å². The largest absolute Gasteiger partial charge is 0.408 e. The molecule has 0 aliphatic heterocycles. The van der Waals surface area contributed by atoms with Crippen molar-refractivity contribution < 1.29 is 12.8 Å². The van der Waals surface area contributed by atoms with Crippen LogP contribution in [0.15, 0.2) is 40.0 Å². The zero-order valence-electron chi connectivity index (χ0n) is 11.6. The van der Waals surface area contributed by atoms with Gasteiger partial charge in [-0.3, -0.25) is 4.98 Å². The number of hydrogen-bond donors (Lipinski definition) is 0. The highest BCUT2D eigenvalue weighted by molar-refractivity contribution is 7.91. The number of benzene rings is 1. The number of aromatic nitrogens is 3. The van der Waals surface area contributed by atoms with E-state index in [-0.39, 0.29) is 16.9 Å². The Bertz CT molecular complexity index is 916. The van der Waals surface area contributed by atoms with E-state index in [1.807, 2.05) is 31.2 Å². The van der Waals surface area contributed by atoms with Gasteiger partial charge in [0.2, 0.25) is 15.7 Å². The fraction of sp³-hybridized carbons (Fsp3) is 0.214. The fourth-order valence-corrected chi connectivity index (χ4v) is 2.67. The summed E-state index contributed by atoms with van der Waals surface area (Å²) >= 11 is 0. The van der Waals surface area contributed by atoms with E-state index >= 15 is 0 Å². The van der Waals surface area contributed by atoms with E-state index in [1.165, 1.54) is 6.92 Å². The average Bonchev–Trinajstić information content (AvgIpc) is 2.96. The Labute approximate surface area is 121 Å². The Balaban J connectivity index is 2.22. The van der Waals surface area contributed by atoms with Gasteiger partial charge in [-0.05, 0) is 19.1 Å². The molecule has 0 N–H and O–H groups in total. The number of pyridine rings is 1. The van der Waals surface area contributed by atoms with Gasteiger partial charge in [-0.2, -0.15) is 0 Å². The molecule has 0 bridgehead atoms. The molecule has 1 aromatic carbocycles. The summed E-state index contributed by atoms with van der Waals surface area (Å²) in [5, 5.41) is 8.01. The van der Waals surface area contributed by atoms with E-state index in [4.69, 9.17) is 4.42 Å². The average molecular weight is 303 g/mol. The van der Waals surface area contributed by atoms with Gasteiger partial charge in [0.1, 0.15) is 0 Å². The van der Waals surface area contributed by atoms with Crippen molar-refractivity contribution >= 4 is 20.7 Å². The molecular formula is C14H13N3O3S. The van der Waals surface area contributed by atoms with Crippen molar-refractivity contribution in [2.45, 2.75) is 19.1 Å². The van der Waals surface area contributed by atoms with Crippen LogP contribution < -0.4 is 0 Å². The van der Waals surface area contributed by atoms with E-state index in [9.17, 15) is 8.42 Å². The number of hydrogen-bond acceptors (Lipinski definition) is 6. The predicted octanol–water partition coefficient (Wildman–Crippen LogP) is 2.39. The molecule has 2 aromatic heterocycles. The standard InChI is InChI=1S/C14H13N3O3S/c1-3-21(18,19)14-17-16-13(20-14)11-8-9(2)15-12-7-5-4-6-10(11)12/h4-8H,3H2,1-2H3. The summed E-state index contributed by atoms with van der Waals surface area (Å²) in [5.41, 5.74) is 2.27. The van der Waals surface area contributed by atoms with E-state index < -0.39 is 9.84 Å². The second-order valence-electron chi connectivity index (χ2n) is 4.60. The summed E-state index contributed by atoms with van der Waals surface area (Å²) < 4.78 is 28.9. The molecule has 0 atom stereocenters. The van der Waals surface area contributed by atoms with Gasteiger partial charge >= 0.3 is 5.22 Å². The molecule has 7 heteroatoms. The van der Waals surface area contributed by atoms with E-state index in [1.54, 1.807) is 6.07 Å². The SMILES string of the molecule is CCS(=O)(=O)c1nnc(-c2cc(C)nc3ccccc23)o1. The molecule has 21 heavy (non-hydrogen) atoms. The summed E-state index contributed by atoms with van der Waals surface area (Å²) in [6, 6.07) is 9.33. The van der Waals surface area contributed by atoms with Crippen molar-refractivity contribution in [1.82, 2.24) is 15.2 Å². The number of nitrogens with zero attached hydrogens (tertiary/aromatic N) is 3. The molecule has 0 aliphatic carbocycles. The minimum atomic E-state index is -3.50. The van der Waals surface area contributed by atoms with Crippen LogP contribution in [0.3, 0.4) is 0 Å². The van der Waals surface area contributed by atoms with Crippen LogP contribution in [-0.4, -0.2) is 29.4 Å². The molecule has 0 aliphatic rings. The molecule has 3 aromatic rings. The van der Waals surface area contributed by atoms with Gasteiger partial charge in [0.05, 0.1) is 16.8 Å². The molecule has 108 valence electrons. The maximum Gasteiger partial charge on any atom is 0.335 e. The maximum absolute atomic E-state index is 11.8. The molecule has 6 nitrogen and oxygen atoms in total. The first-order valence-electron chi connectivity index (χ1n) is 6.44. The van der Waals surface area contributed by atoms with Gasteiger partial charge in [-0.15, -0.1) is 5.10 Å². The quantitative estimate of drug-likeness (QED) is 0.738. The van der Waals surface area contributed by atoms with Gasteiger partial charge in [0.15, 0.2) is 0 Å². The fourth-order valence-electron chi connectivity index (χ4n) is 2.05. The van der Waals surface area contributed by atoms with Crippen molar-refractivity contribution in [3.63, 3.8) is 0 Å². The van der Waals surface area contributed by atoms with E-state index in [2.05, 4.69) is 15.2 Å². The first kappa shape index (κ1) is 13.7. The van der Waals surface area contributed by atoms with Crippen LogP contribution in [0, 0.1) is 6.92 Å². The first-order valence-corrected chi connectivity index (χ1v) is 8.09. The Morgan fingerprint density at radius 3 is 2.71 bits per heavy atom. The van der Waals surface area contributed by atoms with E-state index in [0.717, 1.165) is 16.6 Å². The molecule has 2 heterocycles. The van der Waals surface area contributed by atoms with Crippen molar-refractivity contribution in [3.8, 4) is 11.5 Å². The normalized spacial score (nSPS) is 11.9. The lowest BCUT2D eigenvalue weighted by molar-refractivity contribution is 0.440. The summed E-state index contributed by atoms with van der Waals surface area (Å²) in [4.78, 5) is 4.43. The topological polar surface area (TPSA) is 86.0 Å². The molecule has 0 amide bonds. The van der Waals surface area contributed by atoms with Crippen molar-refractivity contribution in [3.05, 3.63) is 36.0 Å². The number of rotatable bonds is 3. The Morgan fingerprint density at radius 1 is 1.19 bits per heavy atom. The Hall–Kier alpha value is -2.28. The van der Waals surface area contributed by atoms with Crippen LogP contribution in [0.25, 0.3) is 22.4 Å². The smallest absolute Gasteiger partial charge is 0.335 e. The summed E-state index contributed by atoms with van der Waals surface area (Å²) in [6.07, 6.45) is 0. The number of aryl methyl sites for hydroxylation is 1. The van der Waals surface area contributed by atoms with Crippen molar-refractivity contribution in [2.24, 2.45) is 0 Å². The van der Waals surface area contributed by atoms with Gasteiger partial charge in [-0.25, -0.2) is 8.42 Å². The first-order chi connectivity index (χ1) is 10.0. The summed E-state index contributed by atoms with van der Waals surface area (Å²) in [5.74, 6) is 0.105. The summed E-state index contributed by atoms with van der Waals surface area (Å²) in [6.45, 7) is 3.39. The molecule has 0 radical (unpaired) electrons. The molecule has 3 rings (SSSR count). The third-order valence-electron chi connectivity index (χ3n) is 3.13. The number of sulfone groups is 1. The van der Waals surface area contributed by atoms with Crippen LogP contribution >= 0.6 is 0 Å². The molecular weight excluding hydrogens is 290 g/mol. The van der Waals surface area contributed by atoms with Gasteiger partial charge in [0.25, 0.3) is 0 Å². The monoisotopic (exact) mass is 303 g/mol. The van der Waals surface area contributed by atoms with Gasteiger partial charge < -0.3 is 4.42 Å². The zero-order chi connectivity index (χ0) is 15.0. The van der Waals surface area contributed by atoms with Crippen LogP contribution in [0.2, 0.25) is 0 Å². The highest BCUT2D eigenvalue weighted by Gasteiger charge is 2.21. The highest BCUT2D eigenvalue weighted by atomic mass is 32.2. The third-order valence-corrected chi connectivity index (χ3v) is 4.58. The zero-order valence-corrected chi connectivity index (χ0v) is 12.4. The lowest BCUT2D eigenvalue weighted by Crippen LogP contribution is -2.03. The van der Waals surface area contributed by atoms with Crippen molar-refractivity contribution in [2.75, 3.05) is 5.75 Å². The molecule has 0 saturated carbocycles. The molecule has 0 saturated heterocycles. The minimum Gasteiger partial charge on any atom is -0.408 e. The number of para-hydroxylation sites is 1. The minimum absolute atomic E-state index is 0.0786. The maximum atomic E-state index is 11.8. The molecule has 0 spiro atoms. The number of fused-ring (bicyclic) bond motifs is 1.